The van der Waals surface area contributed by atoms with Crippen molar-refractivity contribution in [3.05, 3.63) is 0 Å². The van der Waals surface area contributed by atoms with Crippen LogP contribution in [0.4, 0.5) is 0 Å². The predicted octanol–water partition coefficient (Wildman–Crippen LogP) is 3.62. The molecule has 0 amide bonds. The van der Waals surface area contributed by atoms with E-state index >= 15 is 0 Å². The summed E-state index contributed by atoms with van der Waals surface area (Å²) in [5, 5.41) is 0. The van der Waals surface area contributed by atoms with Crippen LogP contribution >= 0.6 is 75.8 Å². The minimum absolute atomic E-state index is 0.552. The second-order valence-corrected chi connectivity index (χ2v) is 9.32. The third-order valence-corrected chi connectivity index (χ3v) is 7.84. The average Bonchev–Trinajstić information content (AvgIpc) is 2.01. The zero-order valence-corrected chi connectivity index (χ0v) is 13.1. The van der Waals surface area contributed by atoms with E-state index in [0.717, 1.165) is 25.7 Å². The summed E-state index contributed by atoms with van der Waals surface area (Å²) in [6.07, 6.45) is 5.12. The molecule has 0 spiro atoms. The molecular formula is C8H16S6. The zero-order chi connectivity index (χ0) is 11.0. The zero-order valence-electron chi connectivity index (χ0n) is 7.72. The normalized spacial score (nSPS) is 30.4. The SMILES string of the molecule is SC1(S)CCCCCC(S)(S)C1(S)S. The summed E-state index contributed by atoms with van der Waals surface area (Å²) in [5.74, 6) is 0. The topological polar surface area (TPSA) is 0 Å². The van der Waals surface area contributed by atoms with Gasteiger partial charge in [-0.2, -0.15) is 75.8 Å². The second kappa shape index (κ2) is 4.77. The highest BCUT2D eigenvalue weighted by molar-refractivity contribution is 8.11. The molecule has 0 radical (unpaired) electrons. The molecule has 0 saturated heterocycles. The lowest BCUT2D eigenvalue weighted by atomic mass is 9.98. The van der Waals surface area contributed by atoms with Gasteiger partial charge in [0.05, 0.1) is 8.16 Å². The Morgan fingerprint density at radius 3 is 1.29 bits per heavy atom. The molecule has 1 fully saturated rings. The van der Waals surface area contributed by atoms with E-state index in [-0.39, 0.29) is 0 Å². The molecule has 6 heteroatoms. The molecule has 1 rings (SSSR count). The molecule has 0 atom stereocenters. The Morgan fingerprint density at radius 2 is 0.929 bits per heavy atom. The smallest absolute Gasteiger partial charge is 0.102 e. The molecule has 0 N–H and O–H groups in total. The maximum Gasteiger partial charge on any atom is 0.102 e. The van der Waals surface area contributed by atoms with Gasteiger partial charge in [0, 0.05) is 0 Å². The maximum absolute atomic E-state index is 4.55. The fourth-order valence-electron chi connectivity index (χ4n) is 1.59. The van der Waals surface area contributed by atoms with Gasteiger partial charge in [-0.05, 0) is 12.8 Å². The number of hydrogen-bond donors (Lipinski definition) is 6. The van der Waals surface area contributed by atoms with Gasteiger partial charge in [0.15, 0.2) is 0 Å². The van der Waals surface area contributed by atoms with Crippen molar-refractivity contribution in [3.63, 3.8) is 0 Å². The van der Waals surface area contributed by atoms with Crippen molar-refractivity contribution < 1.29 is 0 Å². The van der Waals surface area contributed by atoms with Crippen LogP contribution in [0, 0.1) is 0 Å². The van der Waals surface area contributed by atoms with Gasteiger partial charge < -0.3 is 0 Å². The Hall–Kier alpha value is 2.10. The van der Waals surface area contributed by atoms with E-state index in [1.165, 1.54) is 6.42 Å². The van der Waals surface area contributed by atoms with Crippen molar-refractivity contribution in [2.45, 2.75) is 44.3 Å². The minimum Gasteiger partial charge on any atom is -0.159 e. The van der Waals surface area contributed by atoms with Gasteiger partial charge in [0.1, 0.15) is 4.08 Å². The number of rotatable bonds is 0. The molecule has 1 aliphatic rings. The lowest BCUT2D eigenvalue weighted by Gasteiger charge is -2.48. The number of thiol groups is 6. The summed E-state index contributed by atoms with van der Waals surface area (Å²) >= 11 is 27.3. The maximum atomic E-state index is 4.55. The Kier molecular flexibility index (Phi) is 4.82. The standard InChI is InChI=1S/C8H16S6/c9-6(10)4-2-1-3-5-7(11,12)8(6,13)14/h9-14H,1-5H2. The molecule has 0 unspecified atom stereocenters. The van der Waals surface area contributed by atoms with Crippen molar-refractivity contribution in [1.29, 1.82) is 0 Å². The molecule has 0 aromatic rings. The van der Waals surface area contributed by atoms with Crippen molar-refractivity contribution in [3.8, 4) is 0 Å². The quantitative estimate of drug-likeness (QED) is 0.286. The highest BCUT2D eigenvalue weighted by Crippen LogP contribution is 2.57. The van der Waals surface area contributed by atoms with Crippen LogP contribution in [0.5, 0.6) is 0 Å². The summed E-state index contributed by atoms with van der Waals surface area (Å²) < 4.78 is -1.81. The van der Waals surface area contributed by atoms with Gasteiger partial charge in [-0.1, -0.05) is 19.3 Å². The summed E-state index contributed by atoms with van der Waals surface area (Å²) in [7, 11) is 0. The third kappa shape index (κ3) is 2.67. The Bertz CT molecular complexity index is 190. The van der Waals surface area contributed by atoms with Crippen molar-refractivity contribution in [2.24, 2.45) is 0 Å². The summed E-state index contributed by atoms with van der Waals surface area (Å²) in [5.41, 5.74) is 0. The molecule has 0 aliphatic heterocycles. The molecular weight excluding hydrogens is 288 g/mol. The van der Waals surface area contributed by atoms with Crippen LogP contribution in [0.25, 0.3) is 0 Å². The molecule has 0 aromatic heterocycles. The van der Waals surface area contributed by atoms with E-state index in [2.05, 4.69) is 75.8 Å². The molecule has 0 heterocycles. The van der Waals surface area contributed by atoms with E-state index in [0.29, 0.717) is 0 Å². The van der Waals surface area contributed by atoms with Crippen molar-refractivity contribution >= 4 is 75.8 Å². The van der Waals surface area contributed by atoms with E-state index in [1.54, 1.807) is 0 Å². The third-order valence-electron chi connectivity index (χ3n) is 2.67. The lowest BCUT2D eigenvalue weighted by Crippen LogP contribution is -2.51. The minimum atomic E-state index is -0.709. The van der Waals surface area contributed by atoms with Gasteiger partial charge in [-0.3, -0.25) is 0 Å². The van der Waals surface area contributed by atoms with Gasteiger partial charge in [-0.25, -0.2) is 0 Å². The predicted molar refractivity (Wildman–Crippen MR) is 85.2 cm³/mol. The first-order chi connectivity index (χ1) is 6.21. The molecule has 14 heavy (non-hydrogen) atoms. The fourth-order valence-corrected chi connectivity index (χ4v) is 3.78. The fraction of sp³-hybridized carbons (Fsp3) is 1.00. The van der Waals surface area contributed by atoms with E-state index in [1.807, 2.05) is 0 Å². The molecule has 0 nitrogen and oxygen atoms in total. The van der Waals surface area contributed by atoms with Crippen LogP contribution < -0.4 is 0 Å². The number of hydrogen-bond acceptors (Lipinski definition) is 6. The molecule has 0 aromatic carbocycles. The van der Waals surface area contributed by atoms with Crippen LogP contribution in [0.3, 0.4) is 0 Å². The van der Waals surface area contributed by atoms with Gasteiger partial charge in [-0.15, -0.1) is 0 Å². The van der Waals surface area contributed by atoms with Gasteiger partial charge in [0.2, 0.25) is 0 Å². The van der Waals surface area contributed by atoms with Crippen LogP contribution in [0.15, 0.2) is 0 Å². The average molecular weight is 305 g/mol. The largest absolute Gasteiger partial charge is 0.159 e. The molecule has 84 valence electrons. The Balaban J connectivity index is 2.98. The van der Waals surface area contributed by atoms with Crippen molar-refractivity contribution in [2.75, 3.05) is 0 Å². The van der Waals surface area contributed by atoms with E-state index in [9.17, 15) is 0 Å². The summed E-state index contributed by atoms with van der Waals surface area (Å²) in [4.78, 5) is 0. The van der Waals surface area contributed by atoms with Crippen molar-refractivity contribution in [1.82, 2.24) is 0 Å². The molecule has 0 bridgehead atoms. The highest BCUT2D eigenvalue weighted by atomic mass is 32.2. The monoisotopic (exact) mass is 304 g/mol. The Morgan fingerprint density at radius 1 is 0.571 bits per heavy atom. The molecule has 1 aliphatic carbocycles. The second-order valence-electron chi connectivity index (χ2n) is 3.87. The van der Waals surface area contributed by atoms with Crippen LogP contribution in [0.2, 0.25) is 0 Å². The summed E-state index contributed by atoms with van der Waals surface area (Å²) in [6, 6.07) is 0. The molecule has 1 saturated carbocycles. The lowest BCUT2D eigenvalue weighted by molar-refractivity contribution is 0.483. The first kappa shape index (κ1) is 14.2. The van der Waals surface area contributed by atoms with Crippen LogP contribution in [-0.4, -0.2) is 12.2 Å². The first-order valence-electron chi connectivity index (χ1n) is 4.55. The van der Waals surface area contributed by atoms with Gasteiger partial charge >= 0.3 is 0 Å². The van der Waals surface area contributed by atoms with E-state index in [4.69, 9.17) is 0 Å². The Labute approximate surface area is 119 Å². The van der Waals surface area contributed by atoms with Crippen LogP contribution in [-0.2, 0) is 0 Å². The first-order valence-corrected chi connectivity index (χ1v) is 7.23. The highest BCUT2D eigenvalue weighted by Gasteiger charge is 2.53. The van der Waals surface area contributed by atoms with Gasteiger partial charge in [0.25, 0.3) is 0 Å². The summed E-state index contributed by atoms with van der Waals surface area (Å²) in [6.45, 7) is 0. The van der Waals surface area contributed by atoms with E-state index < -0.39 is 12.2 Å². The van der Waals surface area contributed by atoms with Crippen LogP contribution in [0.1, 0.15) is 32.1 Å².